The van der Waals surface area contributed by atoms with Crippen LogP contribution in [0.15, 0.2) is 24.3 Å². The van der Waals surface area contributed by atoms with Crippen LogP contribution in [0.2, 0.25) is 0 Å². The summed E-state index contributed by atoms with van der Waals surface area (Å²) in [6, 6.07) is 7.95. The lowest BCUT2D eigenvalue weighted by Gasteiger charge is -2.19. The summed E-state index contributed by atoms with van der Waals surface area (Å²) in [4.78, 5) is 13.3. The summed E-state index contributed by atoms with van der Waals surface area (Å²) in [7, 11) is 3.70. The summed E-state index contributed by atoms with van der Waals surface area (Å²) >= 11 is 0. The lowest BCUT2D eigenvalue weighted by molar-refractivity contribution is -0.118. The minimum atomic E-state index is 0.341. The molecule has 1 aromatic rings. The van der Waals surface area contributed by atoms with Crippen molar-refractivity contribution >= 4 is 11.5 Å². The van der Waals surface area contributed by atoms with Crippen molar-refractivity contribution in [3.63, 3.8) is 0 Å². The van der Waals surface area contributed by atoms with Gasteiger partial charge >= 0.3 is 0 Å². The molecule has 0 aromatic heterocycles. The third kappa shape index (κ3) is 4.47. The number of anilines is 1. The molecule has 0 saturated heterocycles. The van der Waals surface area contributed by atoms with Gasteiger partial charge in [0.25, 0.3) is 0 Å². The van der Waals surface area contributed by atoms with E-state index in [9.17, 15) is 4.79 Å². The maximum Gasteiger partial charge on any atom is 0.132 e. The molecule has 0 amide bonds. The molecule has 0 aliphatic rings. The van der Waals surface area contributed by atoms with Crippen molar-refractivity contribution in [3.8, 4) is 5.75 Å². The van der Waals surface area contributed by atoms with E-state index in [2.05, 4.69) is 4.90 Å². The number of carbonyl (C=O) groups excluding carboxylic acids is 1. The van der Waals surface area contributed by atoms with Crippen LogP contribution in [0.3, 0.4) is 0 Å². The Kier molecular flexibility index (Phi) is 5.53. The second-order valence-corrected chi connectivity index (χ2v) is 4.12. The van der Waals surface area contributed by atoms with E-state index in [1.54, 1.807) is 7.11 Å². The standard InChI is InChI=1S/C14H21NO2/c1-4-13(16)6-5-11-15(2)12-7-9-14(17-3)10-8-12/h7-10H,4-6,11H2,1-3H3. The van der Waals surface area contributed by atoms with Crippen molar-refractivity contribution in [1.82, 2.24) is 0 Å². The number of methoxy groups -OCH3 is 1. The molecule has 94 valence electrons. The fourth-order valence-electron chi connectivity index (χ4n) is 1.66. The van der Waals surface area contributed by atoms with Gasteiger partial charge in [-0.2, -0.15) is 0 Å². The Labute approximate surface area is 103 Å². The van der Waals surface area contributed by atoms with Gasteiger partial charge in [0.2, 0.25) is 0 Å². The Bertz CT molecular complexity index is 346. The summed E-state index contributed by atoms with van der Waals surface area (Å²) in [5, 5.41) is 0. The summed E-state index contributed by atoms with van der Waals surface area (Å²) < 4.78 is 5.11. The first-order valence-corrected chi connectivity index (χ1v) is 6.04. The summed E-state index contributed by atoms with van der Waals surface area (Å²) in [6.07, 6.45) is 2.23. The first kappa shape index (κ1) is 13.6. The maximum absolute atomic E-state index is 11.2. The molecule has 0 aliphatic carbocycles. The number of carbonyl (C=O) groups is 1. The second kappa shape index (κ2) is 6.94. The number of hydrogen-bond donors (Lipinski definition) is 0. The number of nitrogens with zero attached hydrogens (tertiary/aromatic N) is 1. The maximum atomic E-state index is 11.2. The first-order chi connectivity index (χ1) is 8.17. The monoisotopic (exact) mass is 235 g/mol. The van der Waals surface area contributed by atoms with Crippen molar-refractivity contribution in [2.75, 3.05) is 25.6 Å². The molecule has 0 spiro atoms. The van der Waals surface area contributed by atoms with Crippen LogP contribution in [0.4, 0.5) is 5.69 Å². The van der Waals surface area contributed by atoms with Crippen molar-refractivity contribution in [2.45, 2.75) is 26.2 Å². The van der Waals surface area contributed by atoms with Crippen LogP contribution >= 0.6 is 0 Å². The van der Waals surface area contributed by atoms with Gasteiger partial charge in [-0.3, -0.25) is 4.79 Å². The quantitative estimate of drug-likeness (QED) is 0.727. The Morgan fingerprint density at radius 3 is 2.47 bits per heavy atom. The highest BCUT2D eigenvalue weighted by molar-refractivity contribution is 5.77. The van der Waals surface area contributed by atoms with E-state index in [0.717, 1.165) is 24.4 Å². The van der Waals surface area contributed by atoms with Gasteiger partial charge in [-0.05, 0) is 30.7 Å². The zero-order valence-corrected chi connectivity index (χ0v) is 10.9. The highest BCUT2D eigenvalue weighted by Gasteiger charge is 2.03. The van der Waals surface area contributed by atoms with E-state index >= 15 is 0 Å². The molecule has 0 aliphatic heterocycles. The van der Waals surface area contributed by atoms with E-state index in [1.807, 2.05) is 38.2 Å². The van der Waals surface area contributed by atoms with E-state index in [0.29, 0.717) is 18.6 Å². The van der Waals surface area contributed by atoms with Gasteiger partial charge in [0.05, 0.1) is 7.11 Å². The van der Waals surface area contributed by atoms with E-state index in [1.165, 1.54) is 0 Å². The summed E-state index contributed by atoms with van der Waals surface area (Å²) in [5.41, 5.74) is 1.15. The largest absolute Gasteiger partial charge is 0.497 e. The lowest BCUT2D eigenvalue weighted by atomic mass is 10.2. The third-order valence-electron chi connectivity index (χ3n) is 2.86. The number of Topliss-reactive ketones (excluding diaryl/α,β-unsaturated/α-hetero) is 1. The molecule has 17 heavy (non-hydrogen) atoms. The molecule has 1 aromatic carbocycles. The molecule has 0 bridgehead atoms. The topological polar surface area (TPSA) is 29.5 Å². The zero-order chi connectivity index (χ0) is 12.7. The Morgan fingerprint density at radius 2 is 1.94 bits per heavy atom. The predicted molar refractivity (Wildman–Crippen MR) is 70.8 cm³/mol. The molecular formula is C14H21NO2. The highest BCUT2D eigenvalue weighted by Crippen LogP contribution is 2.18. The highest BCUT2D eigenvalue weighted by atomic mass is 16.5. The minimum Gasteiger partial charge on any atom is -0.497 e. The molecule has 0 unspecified atom stereocenters. The predicted octanol–water partition coefficient (Wildman–Crippen LogP) is 2.89. The SMILES string of the molecule is CCC(=O)CCCN(C)c1ccc(OC)cc1. The number of benzene rings is 1. The van der Waals surface area contributed by atoms with Crippen LogP contribution in [-0.4, -0.2) is 26.5 Å². The summed E-state index contributed by atoms with van der Waals surface area (Å²) in [6.45, 7) is 2.81. The van der Waals surface area contributed by atoms with Crippen LogP contribution in [0.1, 0.15) is 26.2 Å². The second-order valence-electron chi connectivity index (χ2n) is 4.12. The van der Waals surface area contributed by atoms with Gasteiger partial charge in [-0.25, -0.2) is 0 Å². The van der Waals surface area contributed by atoms with Crippen molar-refractivity contribution in [2.24, 2.45) is 0 Å². The van der Waals surface area contributed by atoms with Crippen LogP contribution in [0, 0.1) is 0 Å². The van der Waals surface area contributed by atoms with Gasteiger partial charge in [-0.1, -0.05) is 6.92 Å². The molecule has 0 fully saturated rings. The fraction of sp³-hybridized carbons (Fsp3) is 0.500. The number of hydrogen-bond acceptors (Lipinski definition) is 3. The fourth-order valence-corrected chi connectivity index (χ4v) is 1.66. The number of ketones is 1. The van der Waals surface area contributed by atoms with E-state index in [4.69, 9.17) is 4.74 Å². The Balaban J connectivity index is 2.40. The van der Waals surface area contributed by atoms with Crippen molar-refractivity contribution < 1.29 is 9.53 Å². The molecule has 0 radical (unpaired) electrons. The number of ether oxygens (including phenoxy) is 1. The normalized spacial score (nSPS) is 10.1. The molecule has 0 atom stereocenters. The molecule has 3 nitrogen and oxygen atoms in total. The molecule has 0 N–H and O–H groups in total. The van der Waals surface area contributed by atoms with Crippen molar-refractivity contribution in [3.05, 3.63) is 24.3 Å². The lowest BCUT2D eigenvalue weighted by Crippen LogP contribution is -2.19. The molecule has 0 saturated carbocycles. The van der Waals surface area contributed by atoms with E-state index in [-0.39, 0.29) is 0 Å². The molecule has 1 rings (SSSR count). The van der Waals surface area contributed by atoms with Crippen LogP contribution in [0.25, 0.3) is 0 Å². The van der Waals surface area contributed by atoms with Gasteiger partial charge in [0.15, 0.2) is 0 Å². The molecule has 0 heterocycles. The smallest absolute Gasteiger partial charge is 0.132 e. The number of rotatable bonds is 7. The average molecular weight is 235 g/mol. The van der Waals surface area contributed by atoms with Gasteiger partial charge in [-0.15, -0.1) is 0 Å². The third-order valence-corrected chi connectivity index (χ3v) is 2.86. The molecular weight excluding hydrogens is 214 g/mol. The van der Waals surface area contributed by atoms with Gasteiger partial charge in [0.1, 0.15) is 11.5 Å². The zero-order valence-electron chi connectivity index (χ0n) is 10.9. The van der Waals surface area contributed by atoms with Crippen molar-refractivity contribution in [1.29, 1.82) is 0 Å². The average Bonchev–Trinajstić information content (AvgIpc) is 2.38. The van der Waals surface area contributed by atoms with Crippen LogP contribution in [0.5, 0.6) is 5.75 Å². The Hall–Kier alpha value is -1.51. The molecule has 3 heteroatoms. The first-order valence-electron chi connectivity index (χ1n) is 6.04. The minimum absolute atomic E-state index is 0.341. The van der Waals surface area contributed by atoms with Gasteiger partial charge < -0.3 is 9.64 Å². The Morgan fingerprint density at radius 1 is 1.29 bits per heavy atom. The van der Waals surface area contributed by atoms with Crippen LogP contribution < -0.4 is 9.64 Å². The van der Waals surface area contributed by atoms with Gasteiger partial charge in [0, 0.05) is 32.1 Å². The summed E-state index contributed by atoms with van der Waals surface area (Å²) in [5.74, 6) is 1.21. The van der Waals surface area contributed by atoms with E-state index < -0.39 is 0 Å². The van der Waals surface area contributed by atoms with Crippen LogP contribution in [-0.2, 0) is 4.79 Å².